The summed E-state index contributed by atoms with van der Waals surface area (Å²) in [7, 11) is 0. The molecule has 1 aromatic rings. The third kappa shape index (κ3) is 2.90. The van der Waals surface area contributed by atoms with Crippen LogP contribution in [0.5, 0.6) is 0 Å². The molecular weight excluding hydrogens is 248 g/mol. The van der Waals surface area contributed by atoms with Gasteiger partial charge in [0.25, 0.3) is 5.69 Å². The second-order valence-electron chi connectivity index (χ2n) is 5.15. The summed E-state index contributed by atoms with van der Waals surface area (Å²) in [6.07, 6.45) is 0.521. The van der Waals surface area contributed by atoms with Crippen LogP contribution in [0.3, 0.4) is 0 Å². The molecule has 1 aromatic carbocycles. The molecule has 1 fully saturated rings. The van der Waals surface area contributed by atoms with Gasteiger partial charge in [0.2, 0.25) is 0 Å². The Kier molecular flexibility index (Phi) is 3.53. The molecule has 0 aliphatic carbocycles. The molecule has 1 aliphatic rings. The lowest BCUT2D eigenvalue weighted by atomic mass is 10.1. The third-order valence-electron chi connectivity index (χ3n) is 3.13. The fourth-order valence-corrected chi connectivity index (χ4v) is 2.24. The van der Waals surface area contributed by atoms with E-state index in [1.54, 1.807) is 12.1 Å². The smallest absolute Gasteiger partial charge is 0.280 e. The highest BCUT2D eigenvalue weighted by molar-refractivity contribution is 5.83. The van der Waals surface area contributed by atoms with Crippen LogP contribution in [-0.2, 0) is 4.74 Å². The van der Waals surface area contributed by atoms with E-state index in [0.717, 1.165) is 5.69 Å². The highest BCUT2D eigenvalue weighted by Gasteiger charge is 2.28. The monoisotopic (exact) mass is 264 g/mol. The number of morpholine rings is 1. The summed E-state index contributed by atoms with van der Waals surface area (Å²) in [5.41, 5.74) is 0.489. The molecule has 6 heteroatoms. The minimum Gasteiger partial charge on any atom is -0.372 e. The number of hydrogen-bond donors (Lipinski definition) is 0. The highest BCUT2D eigenvalue weighted by atomic mass is 16.6. The van der Waals surface area contributed by atoms with Crippen molar-refractivity contribution in [3.8, 4) is 0 Å². The van der Waals surface area contributed by atoms with Crippen LogP contribution in [0.1, 0.15) is 24.2 Å². The van der Waals surface area contributed by atoms with Gasteiger partial charge in [0.1, 0.15) is 0 Å². The van der Waals surface area contributed by atoms with Crippen LogP contribution in [0.2, 0.25) is 0 Å². The maximum Gasteiger partial charge on any atom is 0.280 e. The lowest BCUT2D eigenvalue weighted by molar-refractivity contribution is -0.385. The second kappa shape index (κ2) is 4.97. The number of carbonyl (C=O) groups is 1. The Morgan fingerprint density at radius 3 is 2.79 bits per heavy atom. The lowest BCUT2D eigenvalue weighted by Crippen LogP contribution is -2.48. The van der Waals surface area contributed by atoms with E-state index in [1.165, 1.54) is 6.07 Å². The minimum absolute atomic E-state index is 0.104. The standard InChI is InChI=1S/C13H16N2O4/c1-13(2)9-14(5-6-19-13)11-3-4-12(15(17)18)10(7-11)8-16/h3-4,7-8H,5-6,9H2,1-2H3. The van der Waals surface area contributed by atoms with Crippen molar-refractivity contribution in [1.82, 2.24) is 0 Å². The van der Waals surface area contributed by atoms with Crippen LogP contribution in [0, 0.1) is 10.1 Å². The summed E-state index contributed by atoms with van der Waals surface area (Å²) in [6, 6.07) is 4.61. The summed E-state index contributed by atoms with van der Waals surface area (Å²) in [5.74, 6) is 0. The van der Waals surface area contributed by atoms with Crippen LogP contribution in [0.25, 0.3) is 0 Å². The van der Waals surface area contributed by atoms with E-state index in [9.17, 15) is 14.9 Å². The Morgan fingerprint density at radius 1 is 1.47 bits per heavy atom. The van der Waals surface area contributed by atoms with E-state index >= 15 is 0 Å². The summed E-state index contributed by atoms with van der Waals surface area (Å²) in [5, 5.41) is 10.8. The summed E-state index contributed by atoms with van der Waals surface area (Å²) >= 11 is 0. The van der Waals surface area contributed by atoms with Crippen molar-refractivity contribution in [2.24, 2.45) is 0 Å². The normalized spacial score (nSPS) is 18.1. The molecule has 0 radical (unpaired) electrons. The topological polar surface area (TPSA) is 72.7 Å². The molecule has 0 aromatic heterocycles. The van der Waals surface area contributed by atoms with Gasteiger partial charge in [0.15, 0.2) is 6.29 Å². The zero-order valence-electron chi connectivity index (χ0n) is 11.0. The Balaban J connectivity index is 2.31. The van der Waals surface area contributed by atoms with Gasteiger partial charge in [0.05, 0.1) is 22.7 Å². The fraction of sp³-hybridized carbons (Fsp3) is 0.462. The SMILES string of the molecule is CC1(C)CN(c2ccc([N+](=O)[O-])c(C=O)c2)CCO1. The van der Waals surface area contributed by atoms with Crippen molar-refractivity contribution in [2.45, 2.75) is 19.4 Å². The van der Waals surface area contributed by atoms with E-state index in [2.05, 4.69) is 4.90 Å². The Morgan fingerprint density at radius 2 is 2.21 bits per heavy atom. The van der Waals surface area contributed by atoms with Crippen LogP contribution < -0.4 is 4.90 Å². The van der Waals surface area contributed by atoms with Gasteiger partial charge in [-0.05, 0) is 26.0 Å². The van der Waals surface area contributed by atoms with E-state index < -0.39 is 4.92 Å². The van der Waals surface area contributed by atoms with Gasteiger partial charge in [-0.15, -0.1) is 0 Å². The molecule has 0 unspecified atom stereocenters. The quantitative estimate of drug-likeness (QED) is 0.474. The van der Waals surface area contributed by atoms with Crippen molar-refractivity contribution in [1.29, 1.82) is 0 Å². The minimum atomic E-state index is -0.545. The predicted molar refractivity (Wildman–Crippen MR) is 70.7 cm³/mol. The van der Waals surface area contributed by atoms with Crippen LogP contribution >= 0.6 is 0 Å². The van der Waals surface area contributed by atoms with Crippen molar-refractivity contribution in [3.63, 3.8) is 0 Å². The van der Waals surface area contributed by atoms with Crippen LogP contribution in [-0.4, -0.2) is 36.5 Å². The number of hydrogen-bond acceptors (Lipinski definition) is 5. The molecule has 19 heavy (non-hydrogen) atoms. The van der Waals surface area contributed by atoms with Crippen molar-refractivity contribution >= 4 is 17.7 Å². The number of ether oxygens (including phenoxy) is 1. The van der Waals surface area contributed by atoms with E-state index in [4.69, 9.17) is 4.74 Å². The van der Waals surface area contributed by atoms with Crippen molar-refractivity contribution in [3.05, 3.63) is 33.9 Å². The number of rotatable bonds is 3. The molecule has 0 spiro atoms. The lowest BCUT2D eigenvalue weighted by Gasteiger charge is -2.39. The highest BCUT2D eigenvalue weighted by Crippen LogP contribution is 2.27. The fourth-order valence-electron chi connectivity index (χ4n) is 2.24. The van der Waals surface area contributed by atoms with Gasteiger partial charge in [-0.25, -0.2) is 0 Å². The number of nitrogens with zero attached hydrogens (tertiary/aromatic N) is 2. The molecule has 0 N–H and O–H groups in total. The number of anilines is 1. The second-order valence-corrected chi connectivity index (χ2v) is 5.15. The van der Waals surface area contributed by atoms with Crippen molar-refractivity contribution < 1.29 is 14.5 Å². The zero-order chi connectivity index (χ0) is 14.0. The van der Waals surface area contributed by atoms with Crippen LogP contribution in [0.4, 0.5) is 11.4 Å². The molecule has 1 heterocycles. The Labute approximate surface area is 111 Å². The van der Waals surface area contributed by atoms with E-state index in [1.807, 2.05) is 13.8 Å². The van der Waals surface area contributed by atoms with Gasteiger partial charge < -0.3 is 9.64 Å². The number of nitro benzene ring substituents is 1. The van der Waals surface area contributed by atoms with Gasteiger partial charge >= 0.3 is 0 Å². The van der Waals surface area contributed by atoms with Gasteiger partial charge in [-0.2, -0.15) is 0 Å². The van der Waals surface area contributed by atoms with E-state index in [-0.39, 0.29) is 16.9 Å². The Bertz CT molecular complexity index is 513. The molecule has 102 valence electrons. The summed E-state index contributed by atoms with van der Waals surface area (Å²) in [6.45, 7) is 5.97. The molecule has 6 nitrogen and oxygen atoms in total. The first kappa shape index (κ1) is 13.5. The first-order chi connectivity index (χ1) is 8.93. The van der Waals surface area contributed by atoms with Crippen molar-refractivity contribution in [2.75, 3.05) is 24.6 Å². The zero-order valence-corrected chi connectivity index (χ0v) is 11.0. The molecule has 0 saturated carbocycles. The number of carbonyl (C=O) groups excluding carboxylic acids is 1. The third-order valence-corrected chi connectivity index (χ3v) is 3.13. The van der Waals surface area contributed by atoms with Crippen LogP contribution in [0.15, 0.2) is 18.2 Å². The summed E-state index contributed by atoms with van der Waals surface area (Å²) < 4.78 is 5.62. The van der Waals surface area contributed by atoms with Gasteiger partial charge in [-0.1, -0.05) is 0 Å². The Hall–Kier alpha value is -1.95. The molecule has 1 saturated heterocycles. The average molecular weight is 264 g/mol. The average Bonchev–Trinajstić information content (AvgIpc) is 2.36. The molecule has 0 atom stereocenters. The maximum absolute atomic E-state index is 10.9. The van der Waals surface area contributed by atoms with E-state index in [0.29, 0.717) is 26.0 Å². The molecule has 0 amide bonds. The molecule has 1 aliphatic heterocycles. The molecule has 2 rings (SSSR count). The molecule has 0 bridgehead atoms. The number of benzene rings is 1. The number of aldehydes is 1. The number of nitro groups is 1. The maximum atomic E-state index is 10.9. The molecular formula is C13H16N2O4. The largest absolute Gasteiger partial charge is 0.372 e. The first-order valence-corrected chi connectivity index (χ1v) is 6.05. The van der Waals surface area contributed by atoms with Gasteiger partial charge in [-0.3, -0.25) is 14.9 Å². The first-order valence-electron chi connectivity index (χ1n) is 6.05. The van der Waals surface area contributed by atoms with Gasteiger partial charge in [0, 0.05) is 24.8 Å². The summed E-state index contributed by atoms with van der Waals surface area (Å²) in [4.78, 5) is 23.3. The predicted octanol–water partition coefficient (Wildman–Crippen LogP) is 2.02.